The van der Waals surface area contributed by atoms with Crippen LogP contribution in [0.5, 0.6) is 0 Å². The average molecular weight is 310 g/mol. The van der Waals surface area contributed by atoms with E-state index in [-0.39, 0.29) is 17.5 Å². The van der Waals surface area contributed by atoms with Gasteiger partial charge in [-0.05, 0) is 0 Å². The molecule has 21 heavy (non-hydrogen) atoms. The predicted molar refractivity (Wildman–Crippen MR) is 75.6 cm³/mol. The van der Waals surface area contributed by atoms with Gasteiger partial charge in [0.25, 0.3) is 0 Å². The second-order valence-electron chi connectivity index (χ2n) is 4.51. The lowest BCUT2D eigenvalue weighted by Gasteiger charge is -2.26. The van der Waals surface area contributed by atoms with Crippen molar-refractivity contribution in [3.63, 3.8) is 0 Å². The maximum absolute atomic E-state index is 11.5. The van der Waals surface area contributed by atoms with Crippen molar-refractivity contribution in [1.29, 1.82) is 0 Å². The van der Waals surface area contributed by atoms with Crippen LogP contribution < -0.4 is 16.2 Å². The molecule has 2 aromatic rings. The lowest BCUT2D eigenvalue weighted by atomic mass is 10.5. The smallest absolute Gasteiger partial charge is 0.243 e. The van der Waals surface area contributed by atoms with E-state index in [1.807, 2.05) is 0 Å². The van der Waals surface area contributed by atoms with Crippen molar-refractivity contribution >= 4 is 21.7 Å². The Kier molecular flexibility index (Phi) is 3.43. The monoisotopic (exact) mass is 310 g/mol. The predicted octanol–water partition coefficient (Wildman–Crippen LogP) is -1.42. The van der Waals surface area contributed by atoms with E-state index in [9.17, 15) is 8.42 Å². The summed E-state index contributed by atoms with van der Waals surface area (Å²) in [6.07, 6.45) is 4.85. The highest BCUT2D eigenvalue weighted by Crippen LogP contribution is 2.15. The molecule has 0 unspecified atom stereocenters. The Morgan fingerprint density at radius 1 is 1.14 bits per heavy atom. The van der Waals surface area contributed by atoms with Crippen LogP contribution in [0.15, 0.2) is 18.7 Å². The molecule has 11 heteroatoms. The molecule has 0 aromatic carbocycles. The number of hydrogen-bond donors (Lipinski definition) is 2. The number of rotatable bonds is 3. The first-order valence-corrected chi connectivity index (χ1v) is 8.06. The number of nitrogen functional groups attached to an aromatic ring is 1. The summed E-state index contributed by atoms with van der Waals surface area (Å²) in [5, 5.41) is 0. The highest BCUT2D eigenvalue weighted by atomic mass is 32.2. The van der Waals surface area contributed by atoms with Crippen LogP contribution >= 0.6 is 0 Å². The van der Waals surface area contributed by atoms with Gasteiger partial charge in [0.15, 0.2) is 9.84 Å². The number of aromatic nitrogens is 5. The first-order valence-electron chi connectivity index (χ1n) is 6.24. The van der Waals surface area contributed by atoms with Crippen molar-refractivity contribution in [2.75, 3.05) is 34.9 Å². The quantitative estimate of drug-likeness (QED) is 0.517. The summed E-state index contributed by atoms with van der Waals surface area (Å²) in [5.74, 6) is 6.50. The normalized spacial score (nSPS) is 17.7. The van der Waals surface area contributed by atoms with E-state index in [2.05, 4.69) is 25.4 Å². The number of nitrogens with two attached hydrogens (primary N) is 1. The molecule has 0 bridgehead atoms. The number of hydrogen-bond acceptors (Lipinski definition) is 9. The number of anilines is 2. The van der Waals surface area contributed by atoms with Crippen LogP contribution in [-0.4, -0.2) is 57.5 Å². The summed E-state index contributed by atoms with van der Waals surface area (Å²) in [5.41, 5.74) is 2.38. The van der Waals surface area contributed by atoms with Crippen molar-refractivity contribution in [3.8, 4) is 5.95 Å². The molecular formula is C10H14N8O2S. The van der Waals surface area contributed by atoms with Gasteiger partial charge in [0.2, 0.25) is 17.8 Å². The molecule has 10 nitrogen and oxygen atoms in total. The second kappa shape index (κ2) is 5.26. The zero-order chi connectivity index (χ0) is 14.9. The Labute approximate surface area is 120 Å². The molecule has 3 N–H and O–H groups in total. The van der Waals surface area contributed by atoms with Crippen LogP contribution in [-0.2, 0) is 9.84 Å². The molecule has 2 aromatic heterocycles. The minimum absolute atomic E-state index is 0.0878. The Balaban J connectivity index is 1.93. The SMILES string of the molecule is NNc1nc(N2CCS(=O)(=O)CC2)nc(-n2ccnc2)n1. The van der Waals surface area contributed by atoms with Gasteiger partial charge in [0, 0.05) is 25.5 Å². The lowest BCUT2D eigenvalue weighted by molar-refractivity contribution is 0.585. The first-order chi connectivity index (χ1) is 10.1. The first kappa shape index (κ1) is 13.7. The Morgan fingerprint density at radius 2 is 1.86 bits per heavy atom. The van der Waals surface area contributed by atoms with Crippen molar-refractivity contribution in [2.45, 2.75) is 0 Å². The number of imidazole rings is 1. The standard InChI is InChI=1S/C10H14N8O2S/c11-16-8-13-9(17-3-5-21(19,20)6-4-17)15-10(14-8)18-2-1-12-7-18/h1-2,7H,3-6,11H2,(H,13,14,15,16). The number of nitrogens with zero attached hydrogens (tertiary/aromatic N) is 6. The summed E-state index contributed by atoms with van der Waals surface area (Å²) in [6, 6.07) is 0. The van der Waals surface area contributed by atoms with Crippen molar-refractivity contribution in [1.82, 2.24) is 24.5 Å². The van der Waals surface area contributed by atoms with Gasteiger partial charge in [0.05, 0.1) is 11.5 Å². The van der Waals surface area contributed by atoms with E-state index < -0.39 is 9.84 Å². The average Bonchev–Trinajstić information content (AvgIpc) is 3.01. The molecule has 0 aliphatic carbocycles. The fourth-order valence-corrected chi connectivity index (χ4v) is 3.17. The van der Waals surface area contributed by atoms with Gasteiger partial charge in [-0.2, -0.15) is 15.0 Å². The summed E-state index contributed by atoms with van der Waals surface area (Å²) in [7, 11) is -2.96. The second-order valence-corrected chi connectivity index (χ2v) is 6.82. The summed E-state index contributed by atoms with van der Waals surface area (Å²) in [6.45, 7) is 0.694. The molecule has 0 spiro atoms. The molecule has 0 atom stereocenters. The fraction of sp³-hybridized carbons (Fsp3) is 0.400. The summed E-state index contributed by atoms with van der Waals surface area (Å²) < 4.78 is 24.6. The molecule has 3 heterocycles. The van der Waals surface area contributed by atoms with E-state index in [4.69, 9.17) is 5.84 Å². The molecule has 0 radical (unpaired) electrons. The Hall–Kier alpha value is -2.27. The molecule has 1 saturated heterocycles. The van der Waals surface area contributed by atoms with Gasteiger partial charge < -0.3 is 4.90 Å². The van der Waals surface area contributed by atoms with Crippen LogP contribution in [0.3, 0.4) is 0 Å². The molecule has 0 saturated carbocycles. The van der Waals surface area contributed by atoms with E-state index in [1.165, 1.54) is 0 Å². The Bertz CT molecular complexity index is 716. The van der Waals surface area contributed by atoms with Gasteiger partial charge >= 0.3 is 0 Å². The molecule has 1 aliphatic rings. The zero-order valence-electron chi connectivity index (χ0n) is 11.0. The number of sulfone groups is 1. The van der Waals surface area contributed by atoms with Crippen LogP contribution in [0.4, 0.5) is 11.9 Å². The third-order valence-corrected chi connectivity index (χ3v) is 4.71. The minimum Gasteiger partial charge on any atom is -0.339 e. The van der Waals surface area contributed by atoms with Gasteiger partial charge in [-0.25, -0.2) is 19.2 Å². The number of nitrogens with one attached hydrogen (secondary N) is 1. The maximum Gasteiger partial charge on any atom is 0.243 e. The molecule has 0 amide bonds. The number of hydrazine groups is 1. The van der Waals surface area contributed by atoms with E-state index in [1.54, 1.807) is 28.2 Å². The molecule has 112 valence electrons. The lowest BCUT2D eigenvalue weighted by Crippen LogP contribution is -2.41. The van der Waals surface area contributed by atoms with Crippen LogP contribution in [0.25, 0.3) is 5.95 Å². The van der Waals surface area contributed by atoms with Gasteiger partial charge in [-0.1, -0.05) is 0 Å². The third-order valence-electron chi connectivity index (χ3n) is 3.10. The van der Waals surface area contributed by atoms with Crippen molar-refractivity contribution in [3.05, 3.63) is 18.7 Å². The fourth-order valence-electron chi connectivity index (χ4n) is 1.97. The van der Waals surface area contributed by atoms with Crippen LogP contribution in [0.2, 0.25) is 0 Å². The van der Waals surface area contributed by atoms with Gasteiger partial charge in [0.1, 0.15) is 6.33 Å². The topological polar surface area (TPSA) is 132 Å². The van der Waals surface area contributed by atoms with Crippen LogP contribution in [0.1, 0.15) is 0 Å². The van der Waals surface area contributed by atoms with Crippen molar-refractivity contribution < 1.29 is 8.42 Å². The molecule has 1 fully saturated rings. The Morgan fingerprint density at radius 3 is 2.48 bits per heavy atom. The molecule has 1 aliphatic heterocycles. The van der Waals surface area contributed by atoms with E-state index in [0.717, 1.165) is 0 Å². The highest BCUT2D eigenvalue weighted by molar-refractivity contribution is 7.91. The molecular weight excluding hydrogens is 296 g/mol. The van der Waals surface area contributed by atoms with Crippen molar-refractivity contribution in [2.24, 2.45) is 5.84 Å². The van der Waals surface area contributed by atoms with Crippen LogP contribution in [0, 0.1) is 0 Å². The van der Waals surface area contributed by atoms with E-state index >= 15 is 0 Å². The highest BCUT2D eigenvalue weighted by Gasteiger charge is 2.24. The summed E-state index contributed by atoms with van der Waals surface area (Å²) in [4.78, 5) is 18.4. The zero-order valence-corrected chi connectivity index (χ0v) is 11.9. The van der Waals surface area contributed by atoms with Gasteiger partial charge in [-0.3, -0.25) is 9.99 Å². The minimum atomic E-state index is -2.96. The third kappa shape index (κ3) is 2.92. The summed E-state index contributed by atoms with van der Waals surface area (Å²) >= 11 is 0. The van der Waals surface area contributed by atoms with E-state index in [0.29, 0.717) is 25.0 Å². The largest absolute Gasteiger partial charge is 0.339 e. The van der Waals surface area contributed by atoms with Gasteiger partial charge in [-0.15, -0.1) is 0 Å². The maximum atomic E-state index is 11.5. The molecule has 3 rings (SSSR count).